The minimum Gasteiger partial charge on any atom is -0.454 e. The quantitative estimate of drug-likeness (QED) is 0.876. The number of nitrogens with one attached hydrogen (secondary N) is 1. The first-order valence-corrected chi connectivity index (χ1v) is 8.30. The van der Waals surface area contributed by atoms with E-state index in [-0.39, 0.29) is 22.3 Å². The van der Waals surface area contributed by atoms with E-state index in [4.69, 9.17) is 26.2 Å². The standard InChI is InChI=1S/C14H11ClN2O5S/c15-10-3-1-8(5-13(10)23(16,19)20)14(18)17-9-2-4-11-12(6-9)22-7-21-11/h1-6H,7H2,(H,17,18)(H2,16,19,20). The molecule has 2 aromatic carbocycles. The predicted octanol–water partition coefficient (Wildman–Crippen LogP) is 1.97. The lowest BCUT2D eigenvalue weighted by molar-refractivity contribution is 0.102. The summed E-state index contributed by atoms with van der Waals surface area (Å²) in [6.07, 6.45) is 0. The van der Waals surface area contributed by atoms with Crippen LogP contribution in [0.1, 0.15) is 10.4 Å². The largest absolute Gasteiger partial charge is 0.454 e. The second-order valence-corrected chi connectivity index (χ2v) is 6.65. The Morgan fingerprint density at radius 1 is 1.13 bits per heavy atom. The molecule has 2 aromatic rings. The van der Waals surface area contributed by atoms with Gasteiger partial charge in [0.05, 0.1) is 5.02 Å². The zero-order valence-corrected chi connectivity index (χ0v) is 13.1. The van der Waals surface area contributed by atoms with Crippen LogP contribution in [0, 0.1) is 0 Å². The molecule has 0 spiro atoms. The van der Waals surface area contributed by atoms with E-state index in [1.807, 2.05) is 0 Å². The molecule has 0 aliphatic carbocycles. The highest BCUT2D eigenvalue weighted by Crippen LogP contribution is 2.34. The van der Waals surface area contributed by atoms with Crippen molar-refractivity contribution in [1.29, 1.82) is 0 Å². The Hall–Kier alpha value is -2.29. The molecule has 1 amide bonds. The van der Waals surface area contributed by atoms with E-state index >= 15 is 0 Å². The maximum Gasteiger partial charge on any atom is 0.255 e. The Labute approximate surface area is 137 Å². The highest BCUT2D eigenvalue weighted by molar-refractivity contribution is 7.89. The minimum atomic E-state index is -4.02. The average Bonchev–Trinajstić information content (AvgIpc) is 2.94. The zero-order valence-electron chi connectivity index (χ0n) is 11.6. The second kappa shape index (κ2) is 5.73. The van der Waals surface area contributed by atoms with Gasteiger partial charge in [-0.1, -0.05) is 11.6 Å². The van der Waals surface area contributed by atoms with E-state index in [2.05, 4.69) is 5.32 Å². The zero-order chi connectivity index (χ0) is 16.6. The van der Waals surface area contributed by atoms with Gasteiger partial charge in [0.1, 0.15) is 4.90 Å². The number of fused-ring (bicyclic) bond motifs is 1. The molecule has 3 rings (SSSR count). The maximum atomic E-state index is 12.2. The number of primary sulfonamides is 1. The fourth-order valence-electron chi connectivity index (χ4n) is 2.04. The third kappa shape index (κ3) is 3.24. The molecule has 0 saturated heterocycles. The van der Waals surface area contributed by atoms with Gasteiger partial charge in [0.25, 0.3) is 5.91 Å². The normalized spacial score (nSPS) is 13.0. The fourth-order valence-corrected chi connectivity index (χ4v) is 3.11. The Balaban J connectivity index is 1.86. The van der Waals surface area contributed by atoms with Gasteiger partial charge in [0.15, 0.2) is 11.5 Å². The van der Waals surface area contributed by atoms with Crippen LogP contribution in [-0.4, -0.2) is 21.1 Å². The fraction of sp³-hybridized carbons (Fsp3) is 0.0714. The number of hydrogen-bond acceptors (Lipinski definition) is 5. The van der Waals surface area contributed by atoms with Crippen LogP contribution in [0.15, 0.2) is 41.3 Å². The van der Waals surface area contributed by atoms with Crippen LogP contribution in [0.2, 0.25) is 5.02 Å². The van der Waals surface area contributed by atoms with Crippen LogP contribution in [0.4, 0.5) is 5.69 Å². The first-order chi connectivity index (χ1) is 10.8. The number of sulfonamides is 1. The van der Waals surface area contributed by atoms with E-state index < -0.39 is 15.9 Å². The summed E-state index contributed by atoms with van der Waals surface area (Å²) in [5.41, 5.74) is 0.586. The number of rotatable bonds is 3. The van der Waals surface area contributed by atoms with Gasteiger partial charge in [-0.2, -0.15) is 0 Å². The Morgan fingerprint density at radius 2 is 1.87 bits per heavy atom. The lowest BCUT2D eigenvalue weighted by Crippen LogP contribution is -2.16. The van der Waals surface area contributed by atoms with Crippen molar-refractivity contribution in [3.63, 3.8) is 0 Å². The van der Waals surface area contributed by atoms with Crippen LogP contribution >= 0.6 is 11.6 Å². The third-order valence-electron chi connectivity index (χ3n) is 3.13. The van der Waals surface area contributed by atoms with Crippen LogP contribution in [-0.2, 0) is 10.0 Å². The van der Waals surface area contributed by atoms with Crippen molar-refractivity contribution in [3.05, 3.63) is 47.0 Å². The lowest BCUT2D eigenvalue weighted by atomic mass is 10.2. The monoisotopic (exact) mass is 354 g/mol. The molecule has 0 atom stereocenters. The number of carbonyl (C=O) groups is 1. The molecule has 9 heteroatoms. The summed E-state index contributed by atoms with van der Waals surface area (Å²) < 4.78 is 33.3. The van der Waals surface area contributed by atoms with Crippen LogP contribution in [0.25, 0.3) is 0 Å². The SMILES string of the molecule is NS(=O)(=O)c1cc(C(=O)Nc2ccc3c(c2)OCO3)ccc1Cl. The summed E-state index contributed by atoms with van der Waals surface area (Å²) >= 11 is 5.79. The Morgan fingerprint density at radius 3 is 2.61 bits per heavy atom. The van der Waals surface area contributed by atoms with Gasteiger partial charge in [-0.05, 0) is 30.3 Å². The van der Waals surface area contributed by atoms with Crippen molar-refractivity contribution in [3.8, 4) is 11.5 Å². The molecular weight excluding hydrogens is 344 g/mol. The van der Waals surface area contributed by atoms with Gasteiger partial charge in [-0.25, -0.2) is 13.6 Å². The third-order valence-corrected chi connectivity index (χ3v) is 4.52. The van der Waals surface area contributed by atoms with Crippen LogP contribution in [0.3, 0.4) is 0 Å². The molecule has 1 heterocycles. The molecule has 7 nitrogen and oxygen atoms in total. The number of amides is 1. The molecule has 1 aliphatic rings. The van der Waals surface area contributed by atoms with Crippen molar-refractivity contribution in [1.82, 2.24) is 0 Å². The van der Waals surface area contributed by atoms with E-state index in [9.17, 15) is 13.2 Å². The van der Waals surface area contributed by atoms with Gasteiger partial charge in [0, 0.05) is 17.3 Å². The topological polar surface area (TPSA) is 108 Å². The maximum absolute atomic E-state index is 12.2. The highest BCUT2D eigenvalue weighted by Gasteiger charge is 2.18. The van der Waals surface area contributed by atoms with E-state index in [1.165, 1.54) is 12.1 Å². The van der Waals surface area contributed by atoms with Crippen molar-refractivity contribution >= 4 is 33.2 Å². The number of hydrogen-bond donors (Lipinski definition) is 2. The molecule has 1 aliphatic heterocycles. The van der Waals surface area contributed by atoms with Gasteiger partial charge < -0.3 is 14.8 Å². The number of anilines is 1. The molecule has 23 heavy (non-hydrogen) atoms. The lowest BCUT2D eigenvalue weighted by Gasteiger charge is -2.08. The van der Waals surface area contributed by atoms with Crippen molar-refractivity contribution in [2.24, 2.45) is 5.14 Å². The number of ether oxygens (including phenoxy) is 2. The molecule has 0 unspecified atom stereocenters. The van der Waals surface area contributed by atoms with Gasteiger partial charge in [-0.3, -0.25) is 4.79 Å². The summed E-state index contributed by atoms with van der Waals surface area (Å²) in [5.74, 6) is 0.598. The van der Waals surface area contributed by atoms with E-state index in [0.717, 1.165) is 6.07 Å². The molecule has 3 N–H and O–H groups in total. The first-order valence-electron chi connectivity index (χ1n) is 6.38. The predicted molar refractivity (Wildman–Crippen MR) is 83.3 cm³/mol. The number of carbonyl (C=O) groups excluding carboxylic acids is 1. The summed E-state index contributed by atoms with van der Waals surface area (Å²) in [6.45, 7) is 0.127. The summed E-state index contributed by atoms with van der Waals surface area (Å²) in [7, 11) is -4.02. The number of nitrogens with two attached hydrogens (primary N) is 1. The van der Waals surface area contributed by atoms with Gasteiger partial charge in [0.2, 0.25) is 16.8 Å². The number of benzene rings is 2. The van der Waals surface area contributed by atoms with Crippen molar-refractivity contribution in [2.45, 2.75) is 4.90 Å². The van der Waals surface area contributed by atoms with Gasteiger partial charge in [-0.15, -0.1) is 0 Å². The number of halogens is 1. The Bertz CT molecular complexity index is 898. The molecule has 0 bridgehead atoms. The smallest absolute Gasteiger partial charge is 0.255 e. The highest BCUT2D eigenvalue weighted by atomic mass is 35.5. The molecule has 0 fully saturated rings. The second-order valence-electron chi connectivity index (χ2n) is 4.71. The first kappa shape index (κ1) is 15.6. The summed E-state index contributed by atoms with van der Waals surface area (Å²) in [5, 5.41) is 7.65. The van der Waals surface area contributed by atoms with E-state index in [0.29, 0.717) is 17.2 Å². The summed E-state index contributed by atoms with van der Waals surface area (Å²) in [6, 6.07) is 8.74. The van der Waals surface area contributed by atoms with E-state index in [1.54, 1.807) is 18.2 Å². The van der Waals surface area contributed by atoms with Crippen molar-refractivity contribution < 1.29 is 22.7 Å². The summed E-state index contributed by atoms with van der Waals surface area (Å²) in [4.78, 5) is 11.9. The molecule has 0 radical (unpaired) electrons. The van der Waals surface area contributed by atoms with Crippen molar-refractivity contribution in [2.75, 3.05) is 12.1 Å². The molecule has 0 aromatic heterocycles. The molecule has 0 saturated carbocycles. The average molecular weight is 355 g/mol. The molecular formula is C14H11ClN2O5S. The molecule has 120 valence electrons. The minimum absolute atomic E-state index is 0.0490. The van der Waals surface area contributed by atoms with Crippen LogP contribution in [0.5, 0.6) is 11.5 Å². The Kier molecular flexibility index (Phi) is 3.88. The van der Waals surface area contributed by atoms with Gasteiger partial charge >= 0.3 is 0 Å². The van der Waals surface area contributed by atoms with Crippen LogP contribution < -0.4 is 19.9 Å².